The fourth-order valence-electron chi connectivity index (χ4n) is 3.01. The number of aromatic amines is 1. The van der Waals surface area contributed by atoms with Crippen molar-refractivity contribution in [1.29, 1.82) is 0 Å². The zero-order chi connectivity index (χ0) is 18.9. The molecule has 26 heavy (non-hydrogen) atoms. The van der Waals surface area contributed by atoms with E-state index in [0.29, 0.717) is 11.3 Å². The van der Waals surface area contributed by atoms with E-state index >= 15 is 0 Å². The van der Waals surface area contributed by atoms with Crippen molar-refractivity contribution in [2.45, 2.75) is 19.9 Å². The quantitative estimate of drug-likeness (QED) is 0.642. The lowest BCUT2D eigenvalue weighted by Gasteiger charge is -2.16. The molecular formula is C19H21N3O3S. The minimum atomic E-state index is -3.35. The molecule has 3 N–H and O–H groups in total. The normalized spacial score (nSPS) is 12.7. The van der Waals surface area contributed by atoms with E-state index in [1.165, 1.54) is 0 Å². The minimum Gasteiger partial charge on any atom is -0.358 e. The Morgan fingerprint density at radius 2 is 1.85 bits per heavy atom. The summed E-state index contributed by atoms with van der Waals surface area (Å²) in [5, 5.41) is 3.86. The SMILES string of the molecule is Cc1[nH]c2ccccc2c1C(=O)NC(C)c1cccc(NS(C)(=O)=O)c1. The molecule has 2 aromatic carbocycles. The summed E-state index contributed by atoms with van der Waals surface area (Å²) in [4.78, 5) is 16.0. The van der Waals surface area contributed by atoms with Gasteiger partial charge in [-0.1, -0.05) is 30.3 Å². The Bertz CT molecular complexity index is 1070. The second-order valence-electron chi connectivity index (χ2n) is 6.37. The van der Waals surface area contributed by atoms with Gasteiger partial charge in [0, 0.05) is 22.3 Å². The number of sulfonamides is 1. The highest BCUT2D eigenvalue weighted by Crippen LogP contribution is 2.23. The lowest BCUT2D eigenvalue weighted by molar-refractivity contribution is 0.0941. The molecule has 1 atom stereocenters. The number of para-hydroxylation sites is 1. The third-order valence-corrected chi connectivity index (χ3v) is 4.76. The van der Waals surface area contributed by atoms with Crippen molar-refractivity contribution in [3.63, 3.8) is 0 Å². The fourth-order valence-corrected chi connectivity index (χ4v) is 3.56. The van der Waals surface area contributed by atoms with Crippen molar-refractivity contribution >= 4 is 32.5 Å². The standard InChI is InChI=1S/C19H21N3O3S/c1-12(14-7-6-8-15(11-14)22-26(3,24)25)21-19(23)18-13(2)20-17-10-5-4-9-16(17)18/h4-12,20,22H,1-3H3,(H,21,23). The van der Waals surface area contributed by atoms with E-state index in [-0.39, 0.29) is 11.9 Å². The van der Waals surface area contributed by atoms with Gasteiger partial charge in [0.15, 0.2) is 0 Å². The van der Waals surface area contributed by atoms with E-state index in [9.17, 15) is 13.2 Å². The summed E-state index contributed by atoms with van der Waals surface area (Å²) in [5.74, 6) is -0.172. The van der Waals surface area contributed by atoms with Gasteiger partial charge in [0.25, 0.3) is 5.91 Å². The van der Waals surface area contributed by atoms with Crippen LogP contribution in [-0.2, 0) is 10.0 Å². The zero-order valence-corrected chi connectivity index (χ0v) is 15.6. The summed E-state index contributed by atoms with van der Waals surface area (Å²) in [5.41, 5.74) is 3.63. The molecule has 0 saturated heterocycles. The van der Waals surface area contributed by atoms with E-state index in [1.807, 2.05) is 44.2 Å². The summed E-state index contributed by atoms with van der Waals surface area (Å²) in [7, 11) is -3.35. The Balaban J connectivity index is 1.83. The molecule has 0 bridgehead atoms. The van der Waals surface area contributed by atoms with Gasteiger partial charge in [-0.3, -0.25) is 9.52 Å². The van der Waals surface area contributed by atoms with Crippen LogP contribution in [0.5, 0.6) is 0 Å². The van der Waals surface area contributed by atoms with Gasteiger partial charge in [-0.05, 0) is 37.6 Å². The van der Waals surface area contributed by atoms with Crippen LogP contribution in [0.1, 0.15) is 34.6 Å². The number of carbonyl (C=O) groups excluding carboxylic acids is 1. The van der Waals surface area contributed by atoms with E-state index in [4.69, 9.17) is 0 Å². The number of hydrogen-bond donors (Lipinski definition) is 3. The summed E-state index contributed by atoms with van der Waals surface area (Å²) in [6.07, 6.45) is 1.10. The molecule has 0 spiro atoms. The number of benzene rings is 2. The van der Waals surface area contributed by atoms with Crippen LogP contribution in [0.15, 0.2) is 48.5 Å². The number of aromatic nitrogens is 1. The van der Waals surface area contributed by atoms with Crippen LogP contribution in [-0.4, -0.2) is 25.6 Å². The van der Waals surface area contributed by atoms with Gasteiger partial charge in [-0.2, -0.15) is 0 Å². The zero-order valence-electron chi connectivity index (χ0n) is 14.8. The highest BCUT2D eigenvalue weighted by atomic mass is 32.2. The predicted molar refractivity (Wildman–Crippen MR) is 104 cm³/mol. The van der Waals surface area contributed by atoms with Crippen LogP contribution in [0.25, 0.3) is 10.9 Å². The van der Waals surface area contributed by atoms with Crippen molar-refractivity contribution in [3.05, 3.63) is 65.4 Å². The van der Waals surface area contributed by atoms with Crippen LogP contribution < -0.4 is 10.0 Å². The predicted octanol–water partition coefficient (Wildman–Crippen LogP) is 3.34. The topological polar surface area (TPSA) is 91.1 Å². The second kappa shape index (κ2) is 6.84. The van der Waals surface area contributed by atoms with Gasteiger partial charge in [-0.25, -0.2) is 8.42 Å². The Labute approximate surface area is 152 Å². The average Bonchev–Trinajstić information content (AvgIpc) is 2.89. The molecule has 0 aliphatic heterocycles. The van der Waals surface area contributed by atoms with Gasteiger partial charge in [0.2, 0.25) is 10.0 Å². The molecule has 3 aromatic rings. The second-order valence-corrected chi connectivity index (χ2v) is 8.11. The van der Waals surface area contributed by atoms with Crippen molar-refractivity contribution in [2.24, 2.45) is 0 Å². The Hall–Kier alpha value is -2.80. The molecular weight excluding hydrogens is 350 g/mol. The number of hydrogen-bond acceptors (Lipinski definition) is 3. The number of H-pyrrole nitrogens is 1. The smallest absolute Gasteiger partial charge is 0.254 e. The van der Waals surface area contributed by atoms with Gasteiger partial charge in [0.1, 0.15) is 0 Å². The molecule has 6 nitrogen and oxygen atoms in total. The van der Waals surface area contributed by atoms with Gasteiger partial charge >= 0.3 is 0 Å². The maximum Gasteiger partial charge on any atom is 0.254 e. The molecule has 136 valence electrons. The van der Waals surface area contributed by atoms with E-state index < -0.39 is 10.0 Å². The van der Waals surface area contributed by atoms with Gasteiger partial charge in [-0.15, -0.1) is 0 Å². The summed E-state index contributed by atoms with van der Waals surface area (Å²) >= 11 is 0. The highest BCUT2D eigenvalue weighted by Gasteiger charge is 2.18. The van der Waals surface area contributed by atoms with Crippen LogP contribution in [0.2, 0.25) is 0 Å². The lowest BCUT2D eigenvalue weighted by atomic mass is 10.1. The van der Waals surface area contributed by atoms with E-state index in [1.54, 1.807) is 18.2 Å². The fraction of sp³-hybridized carbons (Fsp3) is 0.211. The molecule has 0 aliphatic carbocycles. The van der Waals surface area contributed by atoms with E-state index in [0.717, 1.165) is 28.4 Å². The molecule has 1 unspecified atom stereocenters. The number of carbonyl (C=O) groups is 1. The Morgan fingerprint density at radius 1 is 1.12 bits per heavy atom. The number of rotatable bonds is 5. The first-order valence-electron chi connectivity index (χ1n) is 8.20. The molecule has 1 aromatic heterocycles. The average molecular weight is 371 g/mol. The van der Waals surface area contributed by atoms with Gasteiger partial charge in [0.05, 0.1) is 17.9 Å². The number of anilines is 1. The van der Waals surface area contributed by atoms with Gasteiger partial charge < -0.3 is 10.3 Å². The number of amides is 1. The number of aryl methyl sites for hydroxylation is 1. The Morgan fingerprint density at radius 3 is 2.58 bits per heavy atom. The van der Waals surface area contributed by atoms with Crippen LogP contribution in [0.3, 0.4) is 0 Å². The first-order chi connectivity index (χ1) is 12.2. The maximum atomic E-state index is 12.8. The monoisotopic (exact) mass is 371 g/mol. The molecule has 0 saturated carbocycles. The largest absolute Gasteiger partial charge is 0.358 e. The summed E-state index contributed by atoms with van der Waals surface area (Å²) < 4.78 is 25.2. The molecule has 0 aliphatic rings. The first kappa shape index (κ1) is 18.0. The lowest BCUT2D eigenvalue weighted by Crippen LogP contribution is -2.27. The van der Waals surface area contributed by atoms with Crippen LogP contribution in [0.4, 0.5) is 5.69 Å². The molecule has 3 rings (SSSR count). The molecule has 1 amide bonds. The third kappa shape index (κ3) is 3.88. The summed E-state index contributed by atoms with van der Waals surface area (Å²) in [6.45, 7) is 3.73. The molecule has 0 radical (unpaired) electrons. The maximum absolute atomic E-state index is 12.8. The van der Waals surface area contributed by atoms with Crippen molar-refractivity contribution in [1.82, 2.24) is 10.3 Å². The third-order valence-electron chi connectivity index (χ3n) is 4.16. The van der Waals surface area contributed by atoms with Crippen molar-refractivity contribution in [2.75, 3.05) is 11.0 Å². The van der Waals surface area contributed by atoms with Crippen molar-refractivity contribution in [3.8, 4) is 0 Å². The number of fused-ring (bicyclic) bond motifs is 1. The van der Waals surface area contributed by atoms with E-state index in [2.05, 4.69) is 15.0 Å². The number of nitrogens with one attached hydrogen (secondary N) is 3. The highest BCUT2D eigenvalue weighted by molar-refractivity contribution is 7.92. The van der Waals surface area contributed by atoms with Crippen LogP contribution >= 0.6 is 0 Å². The molecule has 7 heteroatoms. The summed E-state index contributed by atoms with van der Waals surface area (Å²) in [6, 6.07) is 14.4. The van der Waals surface area contributed by atoms with Crippen molar-refractivity contribution < 1.29 is 13.2 Å². The Kier molecular flexibility index (Phi) is 4.73. The first-order valence-corrected chi connectivity index (χ1v) is 10.1. The minimum absolute atomic E-state index is 0.172. The van der Waals surface area contributed by atoms with Crippen LogP contribution in [0, 0.1) is 6.92 Å². The molecule has 0 fully saturated rings. The molecule has 1 heterocycles.